The first kappa shape index (κ1) is 17.6. The van der Waals surface area contributed by atoms with Gasteiger partial charge in [0.2, 0.25) is 0 Å². The quantitative estimate of drug-likeness (QED) is 0.420. The lowest BCUT2D eigenvalue weighted by atomic mass is 9.99. The van der Waals surface area contributed by atoms with Gasteiger partial charge in [-0.05, 0) is 42.0 Å². The average Bonchev–Trinajstić information content (AvgIpc) is 2.66. The first-order valence-corrected chi connectivity index (χ1v) is 8.91. The lowest BCUT2D eigenvalue weighted by molar-refractivity contribution is 0.628. The molecule has 1 heterocycles. The van der Waals surface area contributed by atoms with Crippen molar-refractivity contribution in [2.24, 2.45) is 0 Å². The van der Waals surface area contributed by atoms with Gasteiger partial charge in [0, 0.05) is 27.2 Å². The van der Waals surface area contributed by atoms with E-state index in [0.29, 0.717) is 27.5 Å². The molecule has 1 aromatic heterocycles. The largest absolute Gasteiger partial charge is 0.350 e. The molecule has 0 bridgehead atoms. The second kappa shape index (κ2) is 7.06. The zero-order valence-corrected chi connectivity index (χ0v) is 15.4. The summed E-state index contributed by atoms with van der Waals surface area (Å²) in [7, 11) is 0. The molecule has 0 amide bonds. The van der Waals surface area contributed by atoms with Gasteiger partial charge >= 0.3 is 0 Å². The number of aromatic nitrogens is 1. The number of fused-ring (bicyclic) bond motifs is 1. The molecule has 0 saturated heterocycles. The number of H-pyrrole nitrogens is 1. The summed E-state index contributed by atoms with van der Waals surface area (Å²) in [6.07, 6.45) is 0. The Morgan fingerprint density at radius 2 is 1.70 bits per heavy atom. The van der Waals surface area contributed by atoms with Gasteiger partial charge in [0.1, 0.15) is 11.5 Å². The SMILES string of the molecule is O=c1[nH]c2ccc(Cl)cc2c(-c2ccccc2)c1Nc1ccc(F)c(Cl)c1. The van der Waals surface area contributed by atoms with Gasteiger partial charge < -0.3 is 10.3 Å². The van der Waals surface area contributed by atoms with E-state index in [1.807, 2.05) is 30.3 Å². The zero-order valence-electron chi connectivity index (χ0n) is 13.9. The number of hydrogen-bond donors (Lipinski definition) is 2. The van der Waals surface area contributed by atoms with Crippen LogP contribution in [0, 0.1) is 5.82 Å². The summed E-state index contributed by atoms with van der Waals surface area (Å²) in [5, 5.41) is 4.41. The van der Waals surface area contributed by atoms with Crippen molar-refractivity contribution in [3.8, 4) is 11.1 Å². The van der Waals surface area contributed by atoms with Gasteiger partial charge in [-0.2, -0.15) is 0 Å². The van der Waals surface area contributed by atoms with Crippen molar-refractivity contribution in [2.45, 2.75) is 0 Å². The van der Waals surface area contributed by atoms with Crippen LogP contribution in [0.1, 0.15) is 0 Å². The van der Waals surface area contributed by atoms with Gasteiger partial charge in [-0.3, -0.25) is 4.79 Å². The Bertz CT molecular complexity index is 1210. The molecule has 0 aliphatic rings. The smallest absolute Gasteiger partial charge is 0.272 e. The molecule has 6 heteroatoms. The highest BCUT2D eigenvalue weighted by atomic mass is 35.5. The van der Waals surface area contributed by atoms with Crippen LogP contribution in [0.5, 0.6) is 0 Å². The molecule has 4 aromatic rings. The van der Waals surface area contributed by atoms with E-state index in [1.54, 1.807) is 18.2 Å². The van der Waals surface area contributed by atoms with Crippen LogP contribution < -0.4 is 10.9 Å². The molecule has 0 aliphatic heterocycles. The Hall–Kier alpha value is -2.82. The van der Waals surface area contributed by atoms with Crippen LogP contribution in [0.3, 0.4) is 0 Å². The first-order chi connectivity index (χ1) is 13.0. The van der Waals surface area contributed by atoms with Crippen LogP contribution >= 0.6 is 23.2 Å². The lowest BCUT2D eigenvalue weighted by Gasteiger charge is -2.15. The number of hydrogen-bond acceptors (Lipinski definition) is 2. The second-order valence-electron chi connectivity index (χ2n) is 6.01. The van der Waals surface area contributed by atoms with Gasteiger partial charge in [-0.1, -0.05) is 53.5 Å². The van der Waals surface area contributed by atoms with E-state index in [0.717, 1.165) is 10.9 Å². The second-order valence-corrected chi connectivity index (χ2v) is 6.86. The van der Waals surface area contributed by atoms with Crippen LogP contribution in [0.25, 0.3) is 22.0 Å². The molecule has 0 unspecified atom stereocenters. The van der Waals surface area contributed by atoms with Crippen LogP contribution in [0.4, 0.5) is 15.8 Å². The van der Waals surface area contributed by atoms with Crippen LogP contribution in [-0.4, -0.2) is 4.98 Å². The summed E-state index contributed by atoms with van der Waals surface area (Å²) < 4.78 is 13.5. The van der Waals surface area contributed by atoms with Crippen LogP contribution in [0.2, 0.25) is 10.0 Å². The molecule has 0 atom stereocenters. The number of aromatic amines is 1. The predicted octanol–water partition coefficient (Wildman–Crippen LogP) is 6.38. The summed E-state index contributed by atoms with van der Waals surface area (Å²) in [4.78, 5) is 15.7. The van der Waals surface area contributed by atoms with E-state index in [-0.39, 0.29) is 10.6 Å². The van der Waals surface area contributed by atoms with Gasteiger partial charge in [0.15, 0.2) is 0 Å². The summed E-state index contributed by atoms with van der Waals surface area (Å²) >= 11 is 12.1. The third-order valence-electron chi connectivity index (χ3n) is 4.23. The van der Waals surface area contributed by atoms with Gasteiger partial charge in [0.05, 0.1) is 5.02 Å². The fourth-order valence-electron chi connectivity index (χ4n) is 3.01. The molecule has 2 N–H and O–H groups in total. The average molecular weight is 399 g/mol. The summed E-state index contributed by atoms with van der Waals surface area (Å²) in [5.41, 5.74) is 2.77. The van der Waals surface area contributed by atoms with E-state index in [1.165, 1.54) is 18.2 Å². The molecule has 3 nitrogen and oxygen atoms in total. The number of anilines is 2. The van der Waals surface area contributed by atoms with Crippen molar-refractivity contribution in [3.05, 3.63) is 92.9 Å². The highest BCUT2D eigenvalue weighted by molar-refractivity contribution is 6.31. The molecule has 3 aromatic carbocycles. The Labute approximate surface area is 164 Å². The van der Waals surface area contributed by atoms with E-state index in [9.17, 15) is 9.18 Å². The maximum atomic E-state index is 13.5. The highest BCUT2D eigenvalue weighted by Gasteiger charge is 2.16. The van der Waals surface area contributed by atoms with Gasteiger partial charge in [-0.15, -0.1) is 0 Å². The van der Waals surface area contributed by atoms with Crippen molar-refractivity contribution < 1.29 is 4.39 Å². The molecular formula is C21H13Cl2FN2O. The Morgan fingerprint density at radius 3 is 2.44 bits per heavy atom. The minimum absolute atomic E-state index is 0.0264. The van der Waals surface area contributed by atoms with Crippen molar-refractivity contribution in [1.82, 2.24) is 4.98 Å². The number of halogens is 3. The third-order valence-corrected chi connectivity index (χ3v) is 4.75. The monoisotopic (exact) mass is 398 g/mol. The fourth-order valence-corrected chi connectivity index (χ4v) is 3.36. The molecule has 134 valence electrons. The van der Waals surface area contributed by atoms with E-state index >= 15 is 0 Å². The molecule has 4 rings (SSSR count). The first-order valence-electron chi connectivity index (χ1n) is 8.16. The molecule has 0 radical (unpaired) electrons. The highest BCUT2D eigenvalue weighted by Crippen LogP contribution is 2.35. The Morgan fingerprint density at radius 1 is 0.926 bits per heavy atom. The summed E-state index contributed by atoms with van der Waals surface area (Å²) in [6, 6.07) is 19.0. The van der Waals surface area contributed by atoms with E-state index < -0.39 is 5.82 Å². The maximum Gasteiger partial charge on any atom is 0.272 e. The topological polar surface area (TPSA) is 44.9 Å². The summed E-state index contributed by atoms with van der Waals surface area (Å²) in [5.74, 6) is -0.523. The number of nitrogens with one attached hydrogen (secondary N) is 2. The van der Waals surface area contributed by atoms with Crippen molar-refractivity contribution >= 4 is 45.5 Å². The van der Waals surface area contributed by atoms with Crippen molar-refractivity contribution in [3.63, 3.8) is 0 Å². The minimum Gasteiger partial charge on any atom is -0.350 e. The minimum atomic E-state index is -0.523. The molecule has 0 saturated carbocycles. The van der Waals surface area contributed by atoms with Gasteiger partial charge in [0.25, 0.3) is 5.56 Å². The molecular weight excluding hydrogens is 386 g/mol. The molecule has 0 aliphatic carbocycles. The molecule has 27 heavy (non-hydrogen) atoms. The Kier molecular flexibility index (Phi) is 4.60. The number of pyridine rings is 1. The van der Waals surface area contributed by atoms with Crippen LogP contribution in [0.15, 0.2) is 71.5 Å². The Balaban J connectivity index is 2.00. The summed E-state index contributed by atoms with van der Waals surface area (Å²) in [6.45, 7) is 0. The zero-order chi connectivity index (χ0) is 19.0. The predicted molar refractivity (Wildman–Crippen MR) is 110 cm³/mol. The van der Waals surface area contributed by atoms with Crippen molar-refractivity contribution in [1.29, 1.82) is 0 Å². The number of benzene rings is 3. The third kappa shape index (κ3) is 3.42. The van der Waals surface area contributed by atoms with E-state index in [2.05, 4.69) is 10.3 Å². The fraction of sp³-hybridized carbons (Fsp3) is 0. The normalized spacial score (nSPS) is 10.9. The molecule has 0 fully saturated rings. The van der Waals surface area contributed by atoms with E-state index in [4.69, 9.17) is 23.2 Å². The standard InChI is InChI=1S/C21H13Cl2FN2O/c22-13-6-9-18-15(10-13)19(12-4-2-1-3-5-12)20(21(27)26-18)25-14-7-8-17(24)16(23)11-14/h1-11,25H,(H,26,27). The van der Waals surface area contributed by atoms with Crippen LogP contribution in [-0.2, 0) is 0 Å². The molecule has 0 spiro atoms. The van der Waals surface area contributed by atoms with Gasteiger partial charge in [-0.25, -0.2) is 4.39 Å². The lowest BCUT2D eigenvalue weighted by Crippen LogP contribution is -2.13. The maximum absolute atomic E-state index is 13.5. The number of rotatable bonds is 3. The van der Waals surface area contributed by atoms with Crippen molar-refractivity contribution in [2.75, 3.05) is 5.32 Å².